The number of nitrogens with zero attached hydrogens (tertiary/aromatic N) is 2. The number of nitriles is 1. The third-order valence-corrected chi connectivity index (χ3v) is 4.73. The Kier molecular flexibility index (Phi) is 3.94. The maximum atomic E-state index is 13.2. The number of carbonyl (C=O) groups excluding carboxylic acids is 1. The van der Waals surface area contributed by atoms with Gasteiger partial charge in [0.25, 0.3) is 0 Å². The SMILES string of the molecule is N#C[C@H]1CCN[C@]1(C(=O)N1CCCCC1)c1ccccc1. The van der Waals surface area contributed by atoms with Crippen molar-refractivity contribution in [2.24, 2.45) is 5.92 Å². The van der Waals surface area contributed by atoms with Crippen LogP contribution < -0.4 is 5.32 Å². The van der Waals surface area contributed by atoms with E-state index in [-0.39, 0.29) is 11.8 Å². The van der Waals surface area contributed by atoms with Crippen molar-refractivity contribution in [3.8, 4) is 6.07 Å². The van der Waals surface area contributed by atoms with Crippen molar-refractivity contribution >= 4 is 5.91 Å². The second-order valence-corrected chi connectivity index (χ2v) is 5.92. The first-order valence-corrected chi connectivity index (χ1v) is 7.78. The van der Waals surface area contributed by atoms with E-state index in [0.29, 0.717) is 6.54 Å². The molecule has 0 bridgehead atoms. The summed E-state index contributed by atoms with van der Waals surface area (Å²) in [6.45, 7) is 2.34. The molecule has 0 aliphatic carbocycles. The first kappa shape index (κ1) is 14.1. The summed E-state index contributed by atoms with van der Waals surface area (Å²) in [6.07, 6.45) is 4.05. The van der Waals surface area contributed by atoms with Crippen molar-refractivity contribution in [3.63, 3.8) is 0 Å². The van der Waals surface area contributed by atoms with Gasteiger partial charge in [0.05, 0.1) is 12.0 Å². The summed E-state index contributed by atoms with van der Waals surface area (Å²) >= 11 is 0. The summed E-state index contributed by atoms with van der Waals surface area (Å²) in [5.74, 6) is -0.216. The summed E-state index contributed by atoms with van der Waals surface area (Å²) in [7, 11) is 0. The summed E-state index contributed by atoms with van der Waals surface area (Å²) in [5.41, 5.74) is 0.0671. The standard InChI is InChI=1S/C17H21N3O/c18-13-15-9-10-19-17(15,14-7-3-1-4-8-14)16(21)20-11-5-2-6-12-20/h1,3-4,7-8,15,19H,2,5-6,9-12H2/t15-,17-/m1/s1. The van der Waals surface area contributed by atoms with Crippen LogP contribution in [0.3, 0.4) is 0 Å². The van der Waals surface area contributed by atoms with E-state index in [9.17, 15) is 10.1 Å². The van der Waals surface area contributed by atoms with E-state index in [1.54, 1.807) is 0 Å². The minimum absolute atomic E-state index is 0.0810. The van der Waals surface area contributed by atoms with Crippen LogP contribution in [0.25, 0.3) is 0 Å². The van der Waals surface area contributed by atoms with E-state index < -0.39 is 5.54 Å². The molecule has 2 aliphatic rings. The quantitative estimate of drug-likeness (QED) is 0.903. The molecule has 2 aliphatic heterocycles. The summed E-state index contributed by atoms with van der Waals surface area (Å²) in [5, 5.41) is 12.9. The third kappa shape index (κ3) is 2.32. The van der Waals surface area contributed by atoms with Gasteiger partial charge in [-0.1, -0.05) is 30.3 Å². The van der Waals surface area contributed by atoms with Gasteiger partial charge in [-0.3, -0.25) is 10.1 Å². The molecular weight excluding hydrogens is 262 g/mol. The normalized spacial score (nSPS) is 29.1. The molecule has 2 heterocycles. The first-order valence-electron chi connectivity index (χ1n) is 7.78. The lowest BCUT2D eigenvalue weighted by molar-refractivity contribution is -0.140. The van der Waals surface area contributed by atoms with Gasteiger partial charge < -0.3 is 4.90 Å². The maximum absolute atomic E-state index is 13.2. The van der Waals surface area contributed by atoms with Crippen LogP contribution in [-0.4, -0.2) is 30.4 Å². The number of carbonyl (C=O) groups is 1. The average Bonchev–Trinajstić information content (AvgIpc) is 3.00. The Labute approximate surface area is 125 Å². The average molecular weight is 283 g/mol. The Bertz CT molecular complexity index is 545. The number of benzene rings is 1. The van der Waals surface area contributed by atoms with Gasteiger partial charge in [0.15, 0.2) is 0 Å². The summed E-state index contributed by atoms with van der Waals surface area (Å²) in [4.78, 5) is 15.1. The lowest BCUT2D eigenvalue weighted by atomic mass is 9.78. The van der Waals surface area contributed by atoms with E-state index in [0.717, 1.165) is 37.9 Å². The van der Waals surface area contributed by atoms with Gasteiger partial charge in [0.2, 0.25) is 5.91 Å². The minimum Gasteiger partial charge on any atom is -0.341 e. The topological polar surface area (TPSA) is 56.1 Å². The highest BCUT2D eigenvalue weighted by Crippen LogP contribution is 2.38. The molecule has 1 aromatic rings. The first-order chi connectivity index (χ1) is 10.3. The molecule has 4 heteroatoms. The van der Waals surface area contributed by atoms with Gasteiger partial charge in [0.1, 0.15) is 5.54 Å². The van der Waals surface area contributed by atoms with Crippen LogP contribution >= 0.6 is 0 Å². The summed E-state index contributed by atoms with van der Waals surface area (Å²) < 4.78 is 0. The van der Waals surface area contributed by atoms with E-state index in [4.69, 9.17) is 0 Å². The molecule has 1 amide bonds. The molecule has 0 radical (unpaired) electrons. The van der Waals surface area contributed by atoms with Crippen LogP contribution in [0, 0.1) is 17.2 Å². The van der Waals surface area contributed by atoms with Gasteiger partial charge in [0, 0.05) is 13.1 Å². The zero-order chi connectivity index (χ0) is 14.7. The number of amides is 1. The zero-order valence-electron chi connectivity index (χ0n) is 12.2. The van der Waals surface area contributed by atoms with Crippen LogP contribution in [0.4, 0.5) is 0 Å². The number of hydrogen-bond acceptors (Lipinski definition) is 3. The number of likely N-dealkylation sites (tertiary alicyclic amines) is 1. The Morgan fingerprint density at radius 3 is 2.62 bits per heavy atom. The third-order valence-electron chi connectivity index (χ3n) is 4.73. The van der Waals surface area contributed by atoms with Gasteiger partial charge >= 0.3 is 0 Å². The molecule has 1 N–H and O–H groups in total. The number of rotatable bonds is 2. The van der Waals surface area contributed by atoms with Crippen LogP contribution in [-0.2, 0) is 10.3 Å². The second kappa shape index (κ2) is 5.87. The Balaban J connectivity index is 2.00. The fourth-order valence-corrected chi connectivity index (χ4v) is 3.61. The van der Waals surface area contributed by atoms with Crippen molar-refractivity contribution in [3.05, 3.63) is 35.9 Å². The minimum atomic E-state index is -0.854. The molecule has 0 spiro atoms. The van der Waals surface area contributed by atoms with Crippen LogP contribution in [0.1, 0.15) is 31.2 Å². The molecular formula is C17H21N3O. The molecule has 21 heavy (non-hydrogen) atoms. The molecule has 0 saturated carbocycles. The molecule has 1 aromatic carbocycles. The molecule has 3 rings (SSSR count). The van der Waals surface area contributed by atoms with Gasteiger partial charge in [-0.25, -0.2) is 0 Å². The van der Waals surface area contributed by atoms with Gasteiger partial charge in [-0.2, -0.15) is 5.26 Å². The Morgan fingerprint density at radius 1 is 1.24 bits per heavy atom. The molecule has 2 saturated heterocycles. The lowest BCUT2D eigenvalue weighted by Crippen LogP contribution is -2.56. The van der Waals surface area contributed by atoms with Crippen LogP contribution in [0.5, 0.6) is 0 Å². The van der Waals surface area contributed by atoms with Gasteiger partial charge in [-0.15, -0.1) is 0 Å². The Hall–Kier alpha value is -1.86. The molecule has 110 valence electrons. The van der Waals surface area contributed by atoms with Crippen molar-refractivity contribution < 1.29 is 4.79 Å². The van der Waals surface area contributed by atoms with E-state index in [1.165, 1.54) is 6.42 Å². The van der Waals surface area contributed by atoms with E-state index >= 15 is 0 Å². The molecule has 2 atom stereocenters. The molecule has 0 unspecified atom stereocenters. The highest BCUT2D eigenvalue weighted by Gasteiger charge is 2.52. The van der Waals surface area contributed by atoms with Crippen molar-refractivity contribution in [1.29, 1.82) is 5.26 Å². The van der Waals surface area contributed by atoms with Gasteiger partial charge in [-0.05, 0) is 37.8 Å². The monoisotopic (exact) mass is 283 g/mol. The fraction of sp³-hybridized carbons (Fsp3) is 0.529. The second-order valence-electron chi connectivity index (χ2n) is 5.92. The van der Waals surface area contributed by atoms with Crippen LogP contribution in [0.2, 0.25) is 0 Å². The summed E-state index contributed by atoms with van der Waals surface area (Å²) in [6, 6.07) is 12.1. The largest absolute Gasteiger partial charge is 0.341 e. The van der Waals surface area contributed by atoms with Crippen molar-refractivity contribution in [2.75, 3.05) is 19.6 Å². The molecule has 4 nitrogen and oxygen atoms in total. The molecule has 0 aromatic heterocycles. The zero-order valence-corrected chi connectivity index (χ0v) is 12.2. The number of piperidine rings is 1. The van der Waals surface area contributed by atoms with E-state index in [2.05, 4.69) is 11.4 Å². The highest BCUT2D eigenvalue weighted by atomic mass is 16.2. The number of hydrogen-bond donors (Lipinski definition) is 1. The predicted octanol–water partition coefficient (Wildman–Crippen LogP) is 2.03. The van der Waals surface area contributed by atoms with Crippen LogP contribution in [0.15, 0.2) is 30.3 Å². The predicted molar refractivity (Wildman–Crippen MR) is 80.3 cm³/mol. The molecule has 2 fully saturated rings. The smallest absolute Gasteiger partial charge is 0.248 e. The Morgan fingerprint density at radius 2 is 1.95 bits per heavy atom. The number of nitrogens with one attached hydrogen (secondary N) is 1. The highest BCUT2D eigenvalue weighted by molar-refractivity contribution is 5.89. The van der Waals surface area contributed by atoms with Crippen molar-refractivity contribution in [1.82, 2.24) is 10.2 Å². The van der Waals surface area contributed by atoms with E-state index in [1.807, 2.05) is 35.2 Å². The lowest BCUT2D eigenvalue weighted by Gasteiger charge is -2.38. The maximum Gasteiger partial charge on any atom is 0.248 e. The fourth-order valence-electron chi connectivity index (χ4n) is 3.61. The van der Waals surface area contributed by atoms with Crippen molar-refractivity contribution in [2.45, 2.75) is 31.2 Å².